The number of carboxylic acids is 1. The molecule has 1 aromatic heterocycles. The minimum atomic E-state index is -0.868. The van der Waals surface area contributed by atoms with E-state index < -0.39 is 5.97 Å². The van der Waals surface area contributed by atoms with E-state index in [0.717, 1.165) is 5.56 Å². The lowest BCUT2D eigenvalue weighted by Crippen LogP contribution is -2.37. The molecule has 22 heavy (non-hydrogen) atoms. The molecule has 0 spiro atoms. The first-order valence-corrected chi connectivity index (χ1v) is 7.09. The highest BCUT2D eigenvalue weighted by Crippen LogP contribution is 2.09. The van der Waals surface area contributed by atoms with Gasteiger partial charge in [-0.1, -0.05) is 30.3 Å². The monoisotopic (exact) mass is 301 g/mol. The van der Waals surface area contributed by atoms with Crippen LogP contribution < -0.4 is 5.32 Å². The number of aliphatic carboxylic acids is 1. The fourth-order valence-corrected chi connectivity index (χ4v) is 2.26. The van der Waals surface area contributed by atoms with Gasteiger partial charge in [0, 0.05) is 19.5 Å². The summed E-state index contributed by atoms with van der Waals surface area (Å²) in [6.07, 6.45) is 4.04. The molecule has 116 valence electrons. The van der Waals surface area contributed by atoms with E-state index in [9.17, 15) is 9.59 Å². The molecule has 0 radical (unpaired) electrons. The molecule has 1 atom stereocenters. The Balaban J connectivity index is 2.05. The SMILES string of the molecule is Cn1cncc1C(=O)NC(CCC(=O)O)Cc1ccccc1. The lowest BCUT2D eigenvalue weighted by molar-refractivity contribution is -0.137. The molecule has 0 aliphatic heterocycles. The minimum absolute atomic E-state index is 0.0170. The average Bonchev–Trinajstić information content (AvgIpc) is 2.92. The second kappa shape index (κ2) is 7.40. The Morgan fingerprint density at radius 1 is 1.32 bits per heavy atom. The van der Waals surface area contributed by atoms with Gasteiger partial charge in [0.15, 0.2) is 0 Å². The van der Waals surface area contributed by atoms with Gasteiger partial charge in [-0.15, -0.1) is 0 Å². The van der Waals surface area contributed by atoms with Crippen LogP contribution in [0.25, 0.3) is 0 Å². The number of benzene rings is 1. The van der Waals surface area contributed by atoms with E-state index >= 15 is 0 Å². The molecule has 6 nitrogen and oxygen atoms in total. The summed E-state index contributed by atoms with van der Waals surface area (Å²) in [5, 5.41) is 11.8. The molecule has 2 N–H and O–H groups in total. The number of carbonyl (C=O) groups excluding carboxylic acids is 1. The van der Waals surface area contributed by atoms with Crippen LogP contribution in [0.4, 0.5) is 0 Å². The summed E-state index contributed by atoms with van der Waals surface area (Å²) in [4.78, 5) is 27.0. The number of hydrogen-bond donors (Lipinski definition) is 2. The molecule has 0 aliphatic rings. The van der Waals surface area contributed by atoms with Crippen LogP contribution in [0.5, 0.6) is 0 Å². The first-order chi connectivity index (χ1) is 10.6. The zero-order valence-electron chi connectivity index (χ0n) is 12.4. The van der Waals surface area contributed by atoms with Crippen molar-refractivity contribution in [1.29, 1.82) is 0 Å². The Labute approximate surface area is 128 Å². The van der Waals surface area contributed by atoms with Crippen LogP contribution in [0, 0.1) is 0 Å². The van der Waals surface area contributed by atoms with Crippen LogP contribution >= 0.6 is 0 Å². The number of hydrogen-bond acceptors (Lipinski definition) is 3. The number of nitrogens with zero attached hydrogens (tertiary/aromatic N) is 2. The predicted octanol–water partition coefficient (Wildman–Crippen LogP) is 1.63. The maximum absolute atomic E-state index is 12.3. The summed E-state index contributed by atoms with van der Waals surface area (Å²) < 4.78 is 1.63. The second-order valence-corrected chi connectivity index (χ2v) is 5.18. The minimum Gasteiger partial charge on any atom is -0.481 e. The van der Waals surface area contributed by atoms with E-state index in [0.29, 0.717) is 18.5 Å². The highest BCUT2D eigenvalue weighted by atomic mass is 16.4. The van der Waals surface area contributed by atoms with Gasteiger partial charge in [-0.05, 0) is 18.4 Å². The summed E-state index contributed by atoms with van der Waals surface area (Å²) in [6, 6.07) is 9.46. The molecule has 0 saturated carbocycles. The van der Waals surface area contributed by atoms with E-state index in [4.69, 9.17) is 5.11 Å². The van der Waals surface area contributed by atoms with Crippen molar-refractivity contribution in [2.24, 2.45) is 7.05 Å². The number of amides is 1. The zero-order chi connectivity index (χ0) is 15.9. The third-order valence-electron chi connectivity index (χ3n) is 3.42. The van der Waals surface area contributed by atoms with E-state index in [1.807, 2.05) is 30.3 Å². The van der Waals surface area contributed by atoms with Crippen LogP contribution in [0.15, 0.2) is 42.9 Å². The molecule has 1 unspecified atom stereocenters. The van der Waals surface area contributed by atoms with E-state index in [1.54, 1.807) is 17.9 Å². The highest BCUT2D eigenvalue weighted by Gasteiger charge is 2.17. The van der Waals surface area contributed by atoms with Crippen LogP contribution in [0.3, 0.4) is 0 Å². The van der Waals surface area contributed by atoms with Gasteiger partial charge in [-0.3, -0.25) is 9.59 Å². The number of aromatic nitrogens is 2. The van der Waals surface area contributed by atoms with Crippen molar-refractivity contribution in [2.45, 2.75) is 25.3 Å². The van der Waals surface area contributed by atoms with Gasteiger partial charge in [0.25, 0.3) is 5.91 Å². The van der Waals surface area contributed by atoms with Crippen molar-refractivity contribution < 1.29 is 14.7 Å². The lowest BCUT2D eigenvalue weighted by atomic mass is 10.0. The maximum Gasteiger partial charge on any atom is 0.303 e. The summed E-state index contributed by atoms with van der Waals surface area (Å²) in [5.74, 6) is -1.11. The summed E-state index contributed by atoms with van der Waals surface area (Å²) >= 11 is 0. The van der Waals surface area contributed by atoms with Crippen LogP contribution in [0.2, 0.25) is 0 Å². The number of carboxylic acid groups (broad SMARTS) is 1. The van der Waals surface area contributed by atoms with E-state index in [1.165, 1.54) is 6.20 Å². The third kappa shape index (κ3) is 4.44. The summed E-state index contributed by atoms with van der Waals surface area (Å²) in [5.41, 5.74) is 1.51. The van der Waals surface area contributed by atoms with E-state index in [-0.39, 0.29) is 18.4 Å². The topological polar surface area (TPSA) is 84.2 Å². The molecule has 6 heteroatoms. The molecular weight excluding hydrogens is 282 g/mol. The quantitative estimate of drug-likeness (QED) is 0.814. The van der Waals surface area contributed by atoms with Crippen LogP contribution in [0.1, 0.15) is 28.9 Å². The molecule has 1 heterocycles. The Hall–Kier alpha value is -2.63. The standard InChI is InChI=1S/C16H19N3O3/c1-19-11-17-10-14(19)16(22)18-13(7-8-15(20)21)9-12-5-3-2-4-6-12/h2-6,10-11,13H,7-9H2,1H3,(H,18,22)(H,20,21). The largest absolute Gasteiger partial charge is 0.481 e. The Morgan fingerprint density at radius 3 is 2.64 bits per heavy atom. The molecule has 1 amide bonds. The van der Waals surface area contributed by atoms with Crippen molar-refractivity contribution in [2.75, 3.05) is 0 Å². The first-order valence-electron chi connectivity index (χ1n) is 7.09. The van der Waals surface area contributed by atoms with Gasteiger partial charge in [0.1, 0.15) is 5.69 Å². The number of aryl methyl sites for hydroxylation is 1. The number of rotatable bonds is 7. The molecule has 2 rings (SSSR count). The maximum atomic E-state index is 12.3. The van der Waals surface area contributed by atoms with Crippen LogP contribution in [-0.2, 0) is 18.3 Å². The Kier molecular flexibility index (Phi) is 5.30. The fraction of sp³-hybridized carbons (Fsp3) is 0.312. The average molecular weight is 301 g/mol. The van der Waals surface area contributed by atoms with Gasteiger partial charge in [-0.25, -0.2) is 4.98 Å². The second-order valence-electron chi connectivity index (χ2n) is 5.18. The molecule has 0 bridgehead atoms. The fourth-order valence-electron chi connectivity index (χ4n) is 2.26. The van der Waals surface area contributed by atoms with Gasteiger partial charge in [0.2, 0.25) is 0 Å². The smallest absolute Gasteiger partial charge is 0.303 e. The van der Waals surface area contributed by atoms with Gasteiger partial charge < -0.3 is 15.0 Å². The molecule has 0 aliphatic carbocycles. The summed E-state index contributed by atoms with van der Waals surface area (Å²) in [7, 11) is 1.74. The lowest BCUT2D eigenvalue weighted by Gasteiger charge is -2.18. The molecular formula is C16H19N3O3. The van der Waals surface area contributed by atoms with Crippen molar-refractivity contribution in [3.63, 3.8) is 0 Å². The van der Waals surface area contributed by atoms with Gasteiger partial charge in [-0.2, -0.15) is 0 Å². The molecule has 2 aromatic rings. The van der Waals surface area contributed by atoms with Crippen molar-refractivity contribution in [3.8, 4) is 0 Å². The Morgan fingerprint density at radius 2 is 2.05 bits per heavy atom. The Bertz CT molecular complexity index is 637. The van der Waals surface area contributed by atoms with Crippen molar-refractivity contribution in [1.82, 2.24) is 14.9 Å². The van der Waals surface area contributed by atoms with Gasteiger partial charge >= 0.3 is 5.97 Å². The zero-order valence-corrected chi connectivity index (χ0v) is 12.4. The van der Waals surface area contributed by atoms with Crippen LogP contribution in [-0.4, -0.2) is 32.6 Å². The van der Waals surface area contributed by atoms with Gasteiger partial charge in [0.05, 0.1) is 12.5 Å². The predicted molar refractivity (Wildman–Crippen MR) is 81.5 cm³/mol. The third-order valence-corrected chi connectivity index (χ3v) is 3.42. The molecule has 0 saturated heterocycles. The van der Waals surface area contributed by atoms with Crippen molar-refractivity contribution >= 4 is 11.9 Å². The molecule has 0 fully saturated rings. The van der Waals surface area contributed by atoms with Crippen molar-refractivity contribution in [3.05, 3.63) is 54.1 Å². The number of imidazole rings is 1. The number of nitrogens with one attached hydrogen (secondary N) is 1. The normalized spacial score (nSPS) is 11.9. The highest BCUT2D eigenvalue weighted by molar-refractivity contribution is 5.92. The van der Waals surface area contributed by atoms with E-state index in [2.05, 4.69) is 10.3 Å². The first kappa shape index (κ1) is 15.8. The summed E-state index contributed by atoms with van der Waals surface area (Å²) in [6.45, 7) is 0. The number of carbonyl (C=O) groups is 2. The molecule has 1 aromatic carbocycles.